The summed E-state index contributed by atoms with van der Waals surface area (Å²) >= 11 is 7.20. The van der Waals surface area contributed by atoms with Crippen LogP contribution in [0, 0.1) is 11.6 Å². The van der Waals surface area contributed by atoms with E-state index in [1.54, 1.807) is 23.5 Å². The number of nitrogens with zero attached hydrogens (tertiary/aromatic N) is 1. The normalized spacial score (nSPS) is 10.8. The summed E-state index contributed by atoms with van der Waals surface area (Å²) in [5.41, 5.74) is -0.347. The SMILES string of the molecule is O=C(NC(=O)c1c(F)ccc(OCc2nc3ccc(Cl)cc3s2)c1F)OCCF. The van der Waals surface area contributed by atoms with Crippen molar-refractivity contribution in [2.75, 3.05) is 13.3 Å². The number of ether oxygens (including phenoxy) is 2. The van der Waals surface area contributed by atoms with Crippen LogP contribution >= 0.6 is 22.9 Å². The standard InChI is InChI=1S/C18H12ClF3N2O4S/c19-9-1-3-11-13(7-9)29-14(23-11)8-28-12-4-2-10(21)15(16(12)22)17(25)24-18(26)27-6-5-20/h1-4,7H,5-6,8H2,(H,24,25,26). The Bertz CT molecular complexity index is 1080. The summed E-state index contributed by atoms with van der Waals surface area (Å²) in [6, 6.07) is 6.95. The molecule has 2 amide bonds. The lowest BCUT2D eigenvalue weighted by Gasteiger charge is -2.10. The molecule has 29 heavy (non-hydrogen) atoms. The van der Waals surface area contributed by atoms with Crippen LogP contribution in [-0.2, 0) is 11.3 Å². The molecule has 0 saturated heterocycles. The molecule has 1 N–H and O–H groups in total. The molecule has 0 fully saturated rings. The van der Waals surface area contributed by atoms with Crippen LogP contribution in [0.15, 0.2) is 30.3 Å². The second-order valence-electron chi connectivity index (χ2n) is 5.52. The van der Waals surface area contributed by atoms with E-state index >= 15 is 0 Å². The van der Waals surface area contributed by atoms with Crippen molar-refractivity contribution in [2.45, 2.75) is 6.61 Å². The number of carbonyl (C=O) groups excluding carboxylic acids is 2. The van der Waals surface area contributed by atoms with Gasteiger partial charge in [0.05, 0.1) is 10.2 Å². The Balaban J connectivity index is 1.75. The van der Waals surface area contributed by atoms with Gasteiger partial charge in [-0.15, -0.1) is 11.3 Å². The zero-order chi connectivity index (χ0) is 21.0. The van der Waals surface area contributed by atoms with E-state index in [1.807, 2.05) is 0 Å². The van der Waals surface area contributed by atoms with Gasteiger partial charge in [-0.1, -0.05) is 11.6 Å². The number of amides is 2. The van der Waals surface area contributed by atoms with E-state index in [9.17, 15) is 22.8 Å². The van der Waals surface area contributed by atoms with Crippen LogP contribution in [0.3, 0.4) is 0 Å². The van der Waals surface area contributed by atoms with Crippen molar-refractivity contribution in [3.63, 3.8) is 0 Å². The van der Waals surface area contributed by atoms with Gasteiger partial charge in [0, 0.05) is 5.02 Å². The maximum atomic E-state index is 14.6. The first-order chi connectivity index (χ1) is 13.9. The van der Waals surface area contributed by atoms with Gasteiger partial charge in [-0.05, 0) is 30.3 Å². The summed E-state index contributed by atoms with van der Waals surface area (Å²) in [6.07, 6.45) is -1.33. The predicted octanol–water partition coefficient (Wildman–Crippen LogP) is 4.64. The highest BCUT2D eigenvalue weighted by atomic mass is 35.5. The van der Waals surface area contributed by atoms with Gasteiger partial charge in [0.2, 0.25) is 0 Å². The second kappa shape index (κ2) is 9.10. The fourth-order valence-corrected chi connectivity index (χ4v) is 3.48. The number of rotatable bonds is 6. The number of aromatic nitrogens is 1. The molecule has 11 heteroatoms. The predicted molar refractivity (Wildman–Crippen MR) is 100 cm³/mol. The van der Waals surface area contributed by atoms with Gasteiger partial charge in [0.15, 0.2) is 11.6 Å². The molecule has 0 aliphatic rings. The number of fused-ring (bicyclic) bond motifs is 1. The number of hydrogen-bond donors (Lipinski definition) is 1. The molecule has 1 heterocycles. The topological polar surface area (TPSA) is 77.5 Å². The van der Waals surface area contributed by atoms with Crippen molar-refractivity contribution >= 4 is 45.2 Å². The molecule has 152 valence electrons. The molecular weight excluding hydrogens is 433 g/mol. The van der Waals surface area contributed by atoms with Crippen LogP contribution in [0.1, 0.15) is 15.4 Å². The van der Waals surface area contributed by atoms with Crippen molar-refractivity contribution in [1.29, 1.82) is 0 Å². The van der Waals surface area contributed by atoms with Crippen molar-refractivity contribution in [1.82, 2.24) is 10.3 Å². The van der Waals surface area contributed by atoms with Crippen molar-refractivity contribution < 1.29 is 32.2 Å². The third-order valence-corrected chi connectivity index (χ3v) is 4.78. The van der Waals surface area contributed by atoms with Gasteiger partial charge in [0.1, 0.15) is 36.3 Å². The fraction of sp³-hybridized carbons (Fsp3) is 0.167. The van der Waals surface area contributed by atoms with Crippen LogP contribution < -0.4 is 10.1 Å². The van der Waals surface area contributed by atoms with Crippen molar-refractivity contribution in [2.24, 2.45) is 0 Å². The number of thiazole rings is 1. The molecule has 0 spiro atoms. The molecule has 2 aromatic carbocycles. The molecule has 0 unspecified atom stereocenters. The minimum atomic E-state index is -1.39. The average Bonchev–Trinajstić information content (AvgIpc) is 3.07. The van der Waals surface area contributed by atoms with E-state index in [0.29, 0.717) is 15.5 Å². The number of halogens is 4. The Hall–Kier alpha value is -2.85. The monoisotopic (exact) mass is 444 g/mol. The minimum Gasteiger partial charge on any atom is -0.483 e. The van der Waals surface area contributed by atoms with Crippen LogP contribution in [0.2, 0.25) is 5.02 Å². The summed E-state index contributed by atoms with van der Waals surface area (Å²) in [5, 5.41) is 2.66. The lowest BCUT2D eigenvalue weighted by Crippen LogP contribution is -2.32. The summed E-state index contributed by atoms with van der Waals surface area (Å²) in [4.78, 5) is 27.6. The van der Waals surface area contributed by atoms with Crippen molar-refractivity contribution in [3.8, 4) is 5.75 Å². The van der Waals surface area contributed by atoms with E-state index in [-0.39, 0.29) is 6.61 Å². The van der Waals surface area contributed by atoms with E-state index in [2.05, 4.69) is 9.72 Å². The Kier molecular flexibility index (Phi) is 6.55. The number of carbonyl (C=O) groups is 2. The number of imide groups is 1. The minimum absolute atomic E-state index is 0.140. The van der Waals surface area contributed by atoms with Gasteiger partial charge in [0.25, 0.3) is 5.91 Å². The van der Waals surface area contributed by atoms with E-state index in [1.165, 1.54) is 11.3 Å². The van der Waals surface area contributed by atoms with E-state index in [0.717, 1.165) is 16.8 Å². The van der Waals surface area contributed by atoms with Crippen LogP contribution in [0.25, 0.3) is 10.2 Å². The van der Waals surface area contributed by atoms with Gasteiger partial charge in [-0.25, -0.2) is 22.9 Å². The molecular formula is C18H12ClF3N2O4S. The summed E-state index contributed by atoms with van der Waals surface area (Å²) in [5.74, 6) is -4.31. The summed E-state index contributed by atoms with van der Waals surface area (Å²) < 4.78 is 50.9. The van der Waals surface area contributed by atoms with E-state index in [4.69, 9.17) is 16.3 Å². The zero-order valence-electron chi connectivity index (χ0n) is 14.5. The lowest BCUT2D eigenvalue weighted by atomic mass is 10.1. The zero-order valence-corrected chi connectivity index (χ0v) is 16.1. The molecule has 0 radical (unpaired) electrons. The van der Waals surface area contributed by atoms with E-state index < -0.39 is 48.2 Å². The Morgan fingerprint density at radius 1 is 1.21 bits per heavy atom. The molecule has 3 rings (SSSR count). The molecule has 3 aromatic rings. The van der Waals surface area contributed by atoms with Crippen LogP contribution in [0.4, 0.5) is 18.0 Å². The largest absolute Gasteiger partial charge is 0.483 e. The highest BCUT2D eigenvalue weighted by molar-refractivity contribution is 7.18. The summed E-state index contributed by atoms with van der Waals surface area (Å²) in [6.45, 7) is -1.70. The second-order valence-corrected chi connectivity index (χ2v) is 7.07. The van der Waals surface area contributed by atoms with Gasteiger partial charge in [-0.3, -0.25) is 10.1 Å². The molecule has 0 aliphatic heterocycles. The van der Waals surface area contributed by atoms with Crippen LogP contribution in [-0.4, -0.2) is 30.3 Å². The number of nitrogens with one attached hydrogen (secondary N) is 1. The van der Waals surface area contributed by atoms with Crippen LogP contribution in [0.5, 0.6) is 5.75 Å². The molecule has 1 aromatic heterocycles. The highest BCUT2D eigenvalue weighted by Crippen LogP contribution is 2.28. The number of alkyl halides is 1. The maximum Gasteiger partial charge on any atom is 0.414 e. The highest BCUT2D eigenvalue weighted by Gasteiger charge is 2.23. The third-order valence-electron chi connectivity index (χ3n) is 3.55. The van der Waals surface area contributed by atoms with Gasteiger partial charge in [-0.2, -0.15) is 0 Å². The quantitative estimate of drug-likeness (QED) is 0.599. The van der Waals surface area contributed by atoms with Gasteiger partial charge < -0.3 is 9.47 Å². The molecule has 0 saturated carbocycles. The first-order valence-corrected chi connectivity index (χ1v) is 9.28. The lowest BCUT2D eigenvalue weighted by molar-refractivity contribution is 0.0903. The van der Waals surface area contributed by atoms with Crippen molar-refractivity contribution in [3.05, 3.63) is 57.6 Å². The number of benzene rings is 2. The number of hydrogen-bond acceptors (Lipinski definition) is 6. The fourth-order valence-electron chi connectivity index (χ4n) is 2.32. The summed E-state index contributed by atoms with van der Waals surface area (Å²) in [7, 11) is 0. The average molecular weight is 445 g/mol. The van der Waals surface area contributed by atoms with Gasteiger partial charge >= 0.3 is 6.09 Å². The first kappa shape index (κ1) is 20.9. The first-order valence-electron chi connectivity index (χ1n) is 8.09. The Labute approximate surface area is 171 Å². The third kappa shape index (κ3) is 4.96. The molecule has 6 nitrogen and oxygen atoms in total. The Morgan fingerprint density at radius 2 is 2.00 bits per heavy atom. The smallest absolute Gasteiger partial charge is 0.414 e. The molecule has 0 aliphatic carbocycles. The Morgan fingerprint density at radius 3 is 2.76 bits per heavy atom. The maximum absolute atomic E-state index is 14.6. The molecule has 0 atom stereocenters. The molecule has 0 bridgehead atoms. The number of alkyl carbamates (subject to hydrolysis) is 1.